The first kappa shape index (κ1) is 22.5. The minimum atomic E-state index is -0.132. The number of carbonyl (C=O) groups is 2. The Labute approximate surface area is 173 Å². The van der Waals surface area contributed by atoms with Gasteiger partial charge in [0.15, 0.2) is 0 Å². The number of ether oxygens (including phenoxy) is 1. The highest BCUT2D eigenvalue weighted by Gasteiger charge is 2.27. The van der Waals surface area contributed by atoms with Crippen LogP contribution in [-0.2, 0) is 9.53 Å². The maximum Gasteiger partial charge on any atom is 0.308 e. The molecule has 1 heterocycles. The summed E-state index contributed by atoms with van der Waals surface area (Å²) in [6.45, 7) is 3.13. The fourth-order valence-corrected chi connectivity index (χ4v) is 4.03. The van der Waals surface area contributed by atoms with Gasteiger partial charge in [0.25, 0.3) is 5.91 Å². The van der Waals surface area contributed by atoms with Crippen molar-refractivity contribution in [2.45, 2.75) is 44.6 Å². The maximum absolute atomic E-state index is 12.6. The lowest BCUT2D eigenvalue weighted by atomic mass is 9.86. The predicted molar refractivity (Wildman–Crippen MR) is 113 cm³/mol. The highest BCUT2D eigenvalue weighted by Crippen LogP contribution is 2.25. The number of hydrogen-bond acceptors (Lipinski definition) is 5. The van der Waals surface area contributed by atoms with Crippen LogP contribution in [0.3, 0.4) is 0 Å². The summed E-state index contributed by atoms with van der Waals surface area (Å²) in [6, 6.07) is 7.85. The van der Waals surface area contributed by atoms with E-state index in [-0.39, 0.29) is 36.2 Å². The van der Waals surface area contributed by atoms with Crippen LogP contribution in [0.2, 0.25) is 0 Å². The van der Waals surface area contributed by atoms with Crippen molar-refractivity contribution in [3.63, 3.8) is 0 Å². The summed E-state index contributed by atoms with van der Waals surface area (Å²) in [5.41, 5.74) is 1.68. The smallest absolute Gasteiger partial charge is 0.308 e. The Hall–Kier alpha value is -1.79. The third-order valence-electron chi connectivity index (χ3n) is 5.78. The first-order chi connectivity index (χ1) is 13.2. The molecule has 1 amide bonds. The molecule has 156 valence electrons. The third kappa shape index (κ3) is 6.38. The van der Waals surface area contributed by atoms with E-state index in [4.69, 9.17) is 4.74 Å². The van der Waals surface area contributed by atoms with Gasteiger partial charge in [-0.2, -0.15) is 0 Å². The van der Waals surface area contributed by atoms with E-state index in [0.717, 1.165) is 51.0 Å². The van der Waals surface area contributed by atoms with Crippen LogP contribution >= 0.6 is 12.4 Å². The molecule has 3 N–H and O–H groups in total. The van der Waals surface area contributed by atoms with Gasteiger partial charge in [-0.25, -0.2) is 0 Å². The average Bonchev–Trinajstić information content (AvgIpc) is 2.73. The maximum atomic E-state index is 12.6. The van der Waals surface area contributed by atoms with Gasteiger partial charge in [-0.1, -0.05) is 6.07 Å². The number of benzene rings is 1. The molecule has 0 radical (unpaired) electrons. The molecule has 2 aliphatic rings. The zero-order chi connectivity index (χ0) is 19.1. The Bertz CT molecular complexity index is 642. The highest BCUT2D eigenvalue weighted by atomic mass is 35.5. The van der Waals surface area contributed by atoms with Gasteiger partial charge in [0.2, 0.25) is 0 Å². The van der Waals surface area contributed by atoms with E-state index in [9.17, 15) is 9.59 Å². The molecule has 7 heteroatoms. The molecule has 2 fully saturated rings. The van der Waals surface area contributed by atoms with Crippen LogP contribution in [0.25, 0.3) is 0 Å². The first-order valence-corrected chi connectivity index (χ1v) is 10.1. The molecule has 6 nitrogen and oxygen atoms in total. The van der Waals surface area contributed by atoms with Crippen molar-refractivity contribution in [3.05, 3.63) is 29.8 Å². The van der Waals surface area contributed by atoms with Crippen molar-refractivity contribution >= 4 is 30.0 Å². The number of methoxy groups -OCH3 is 1. The fraction of sp³-hybridized carbons (Fsp3) is 0.619. The summed E-state index contributed by atoms with van der Waals surface area (Å²) in [7, 11) is 1.43. The van der Waals surface area contributed by atoms with E-state index in [2.05, 4.69) is 16.0 Å². The van der Waals surface area contributed by atoms with Crippen molar-refractivity contribution in [1.29, 1.82) is 0 Å². The molecule has 0 atom stereocenters. The van der Waals surface area contributed by atoms with E-state index >= 15 is 0 Å². The van der Waals surface area contributed by atoms with Gasteiger partial charge < -0.3 is 20.7 Å². The molecule has 0 bridgehead atoms. The Morgan fingerprint density at radius 3 is 2.50 bits per heavy atom. The van der Waals surface area contributed by atoms with Crippen molar-refractivity contribution in [2.24, 2.45) is 11.8 Å². The van der Waals surface area contributed by atoms with Crippen molar-refractivity contribution in [2.75, 3.05) is 32.1 Å². The molecule has 1 aromatic carbocycles. The summed E-state index contributed by atoms with van der Waals surface area (Å²) >= 11 is 0. The summed E-state index contributed by atoms with van der Waals surface area (Å²) in [6.07, 6.45) is 5.58. The number of hydrogen-bond donors (Lipinski definition) is 3. The Morgan fingerprint density at radius 2 is 1.82 bits per heavy atom. The van der Waals surface area contributed by atoms with Gasteiger partial charge in [0.1, 0.15) is 0 Å². The predicted octanol–water partition coefficient (Wildman–Crippen LogP) is 2.98. The average molecular weight is 410 g/mol. The van der Waals surface area contributed by atoms with Crippen LogP contribution in [-0.4, -0.2) is 44.7 Å². The van der Waals surface area contributed by atoms with Crippen LogP contribution in [0.1, 0.15) is 48.9 Å². The lowest BCUT2D eigenvalue weighted by Gasteiger charge is -2.27. The molecular formula is C21H32ClN3O3. The van der Waals surface area contributed by atoms with E-state index in [1.54, 1.807) is 0 Å². The van der Waals surface area contributed by atoms with Gasteiger partial charge in [-0.3, -0.25) is 9.59 Å². The molecule has 1 saturated carbocycles. The van der Waals surface area contributed by atoms with Crippen LogP contribution in [0.4, 0.5) is 5.69 Å². The third-order valence-corrected chi connectivity index (χ3v) is 5.78. The second kappa shape index (κ2) is 11.3. The van der Waals surface area contributed by atoms with Gasteiger partial charge in [-0.15, -0.1) is 12.4 Å². The summed E-state index contributed by atoms with van der Waals surface area (Å²) in [4.78, 5) is 24.2. The second-order valence-electron chi connectivity index (χ2n) is 7.70. The van der Waals surface area contributed by atoms with Gasteiger partial charge in [0.05, 0.1) is 13.0 Å². The number of piperidine rings is 1. The van der Waals surface area contributed by atoms with Crippen molar-refractivity contribution in [1.82, 2.24) is 10.6 Å². The number of anilines is 1. The molecule has 1 aliphatic heterocycles. The molecule has 3 rings (SSSR count). The number of rotatable bonds is 6. The largest absolute Gasteiger partial charge is 0.469 e. The Balaban J connectivity index is 0.00000280. The fourth-order valence-electron chi connectivity index (χ4n) is 4.03. The van der Waals surface area contributed by atoms with Crippen LogP contribution in [0.15, 0.2) is 24.3 Å². The Kier molecular flexibility index (Phi) is 9.06. The van der Waals surface area contributed by atoms with Crippen LogP contribution in [0, 0.1) is 11.8 Å². The molecule has 0 unspecified atom stereocenters. The van der Waals surface area contributed by atoms with E-state index < -0.39 is 0 Å². The van der Waals surface area contributed by atoms with E-state index in [1.807, 2.05) is 24.3 Å². The number of nitrogens with one attached hydrogen (secondary N) is 3. The second-order valence-corrected chi connectivity index (χ2v) is 7.70. The lowest BCUT2D eigenvalue weighted by molar-refractivity contribution is -0.146. The molecule has 0 spiro atoms. The molecule has 28 heavy (non-hydrogen) atoms. The van der Waals surface area contributed by atoms with Gasteiger partial charge in [-0.05, 0) is 75.7 Å². The molecule has 0 aromatic heterocycles. The van der Waals surface area contributed by atoms with Gasteiger partial charge >= 0.3 is 5.97 Å². The first-order valence-electron chi connectivity index (χ1n) is 10.1. The number of amides is 1. The number of carbonyl (C=O) groups excluding carboxylic acids is 2. The van der Waals surface area contributed by atoms with Crippen molar-refractivity contribution < 1.29 is 14.3 Å². The molecule has 1 aromatic rings. The zero-order valence-corrected chi connectivity index (χ0v) is 17.4. The van der Waals surface area contributed by atoms with Crippen molar-refractivity contribution in [3.8, 4) is 0 Å². The standard InChI is InChI=1S/C21H31N3O3.ClH/c1-27-21(26)16-5-7-18(8-6-16)24-20(25)17-3-2-4-19(13-17)23-14-15-9-11-22-12-10-15;/h2-4,13,15-16,18,22-23H,5-12,14H2,1H3,(H,24,25);1H. The number of halogens is 1. The molecular weight excluding hydrogens is 378 g/mol. The summed E-state index contributed by atoms with van der Waals surface area (Å²) in [5, 5.41) is 9.98. The number of esters is 1. The van der Waals surface area contributed by atoms with E-state index in [0.29, 0.717) is 11.5 Å². The molecule has 1 aliphatic carbocycles. The summed E-state index contributed by atoms with van der Waals surface area (Å²) in [5.74, 6) is 0.494. The SMILES string of the molecule is COC(=O)C1CCC(NC(=O)c2cccc(NCC3CCNCC3)c2)CC1.Cl. The Morgan fingerprint density at radius 1 is 1.11 bits per heavy atom. The minimum Gasteiger partial charge on any atom is -0.469 e. The zero-order valence-electron chi connectivity index (χ0n) is 16.5. The van der Waals surface area contributed by atoms with Crippen LogP contribution in [0.5, 0.6) is 0 Å². The normalized spacial score (nSPS) is 22.6. The monoisotopic (exact) mass is 409 g/mol. The summed E-state index contributed by atoms with van der Waals surface area (Å²) < 4.78 is 4.82. The van der Waals surface area contributed by atoms with E-state index in [1.165, 1.54) is 20.0 Å². The van der Waals surface area contributed by atoms with Gasteiger partial charge in [0, 0.05) is 23.8 Å². The minimum absolute atomic E-state index is 0. The van der Waals surface area contributed by atoms with Crippen LogP contribution < -0.4 is 16.0 Å². The topological polar surface area (TPSA) is 79.5 Å². The quantitative estimate of drug-likeness (QED) is 0.629. The lowest BCUT2D eigenvalue weighted by Crippen LogP contribution is -2.38. The molecule has 1 saturated heterocycles. The highest BCUT2D eigenvalue weighted by molar-refractivity contribution is 5.95.